The third-order valence-electron chi connectivity index (χ3n) is 2.97. The van der Waals surface area contributed by atoms with E-state index in [4.69, 9.17) is 17.4 Å². The molecule has 3 N–H and O–H groups in total. The Morgan fingerprint density at radius 3 is 2.70 bits per heavy atom. The summed E-state index contributed by atoms with van der Waals surface area (Å²) in [6, 6.07) is 14.1. The lowest BCUT2D eigenvalue weighted by molar-refractivity contribution is 0.956. The molecular weight excluding hydrogens is 276 g/mol. The van der Waals surface area contributed by atoms with Crippen molar-refractivity contribution in [3.63, 3.8) is 0 Å². The van der Waals surface area contributed by atoms with E-state index in [0.717, 1.165) is 0 Å². The van der Waals surface area contributed by atoms with Crippen molar-refractivity contribution < 1.29 is 0 Å². The fourth-order valence-electron chi connectivity index (χ4n) is 2.08. The summed E-state index contributed by atoms with van der Waals surface area (Å²) in [5, 5.41) is 1.05. The summed E-state index contributed by atoms with van der Waals surface area (Å²) in [5.41, 5.74) is 3.44. The number of para-hydroxylation sites is 1. The van der Waals surface area contributed by atoms with Crippen LogP contribution in [-0.4, -0.2) is 9.55 Å². The van der Waals surface area contributed by atoms with E-state index in [2.05, 4.69) is 10.4 Å². The number of halogens is 1. The first-order valence-corrected chi connectivity index (χ1v) is 6.33. The molecule has 0 aliphatic heterocycles. The highest BCUT2D eigenvalue weighted by atomic mass is 35.5. The zero-order valence-corrected chi connectivity index (χ0v) is 11.1. The Bertz CT molecular complexity index is 844. The van der Waals surface area contributed by atoms with Crippen molar-refractivity contribution in [3.05, 3.63) is 63.9 Å². The molecule has 3 aromatic rings. The number of nitrogens with one attached hydrogen (secondary N) is 1. The van der Waals surface area contributed by atoms with E-state index in [1.807, 2.05) is 6.07 Å². The minimum atomic E-state index is -0.203. The number of hydrogen-bond donors (Lipinski definition) is 2. The molecule has 0 amide bonds. The number of benzene rings is 2. The molecular formula is C14H11ClN4O. The number of rotatable bonds is 2. The third kappa shape index (κ3) is 2.03. The van der Waals surface area contributed by atoms with Gasteiger partial charge < -0.3 is 0 Å². The highest BCUT2D eigenvalue weighted by molar-refractivity contribution is 6.30. The molecule has 2 aromatic carbocycles. The second-order valence-corrected chi connectivity index (χ2v) is 4.65. The van der Waals surface area contributed by atoms with Crippen LogP contribution < -0.4 is 16.8 Å². The molecule has 0 spiro atoms. The highest BCUT2D eigenvalue weighted by Crippen LogP contribution is 2.18. The Labute approximate surface area is 119 Å². The lowest BCUT2D eigenvalue weighted by atomic mass is 10.2. The minimum Gasteiger partial charge on any atom is -0.293 e. The summed E-state index contributed by atoms with van der Waals surface area (Å²) in [6.07, 6.45) is 0. The van der Waals surface area contributed by atoms with E-state index in [1.54, 1.807) is 42.5 Å². The first-order valence-electron chi connectivity index (χ1n) is 5.95. The first kappa shape index (κ1) is 12.7. The minimum absolute atomic E-state index is 0.203. The van der Waals surface area contributed by atoms with Gasteiger partial charge in [-0.2, -0.15) is 0 Å². The van der Waals surface area contributed by atoms with Gasteiger partial charge in [-0.25, -0.2) is 15.4 Å². The molecule has 5 nitrogen and oxygen atoms in total. The molecule has 20 heavy (non-hydrogen) atoms. The summed E-state index contributed by atoms with van der Waals surface area (Å²) in [7, 11) is 0. The largest absolute Gasteiger partial charge is 0.293 e. The molecule has 0 saturated carbocycles. The Hall–Kier alpha value is -2.37. The van der Waals surface area contributed by atoms with Crippen molar-refractivity contribution in [2.24, 2.45) is 5.84 Å². The maximum Gasteiger partial charge on any atom is 0.267 e. The number of nitrogen functional groups attached to an aromatic ring is 1. The molecule has 1 aromatic heterocycles. The average molecular weight is 287 g/mol. The second kappa shape index (κ2) is 4.96. The van der Waals surface area contributed by atoms with Crippen LogP contribution >= 0.6 is 11.6 Å². The van der Waals surface area contributed by atoms with Crippen molar-refractivity contribution >= 4 is 28.5 Å². The van der Waals surface area contributed by atoms with Crippen molar-refractivity contribution in [2.45, 2.75) is 0 Å². The van der Waals surface area contributed by atoms with E-state index in [-0.39, 0.29) is 11.5 Å². The molecule has 0 fully saturated rings. The van der Waals surface area contributed by atoms with Crippen LogP contribution in [0.25, 0.3) is 16.6 Å². The SMILES string of the molecule is NNc1nc2ccccc2c(=O)n1-c1cccc(Cl)c1. The van der Waals surface area contributed by atoms with Crippen LogP contribution in [0.15, 0.2) is 53.3 Å². The highest BCUT2D eigenvalue weighted by Gasteiger charge is 2.11. The van der Waals surface area contributed by atoms with Gasteiger partial charge in [-0.05, 0) is 30.3 Å². The normalized spacial score (nSPS) is 10.7. The van der Waals surface area contributed by atoms with Crippen LogP contribution in [0.1, 0.15) is 0 Å². The first-order chi connectivity index (χ1) is 9.70. The van der Waals surface area contributed by atoms with Gasteiger partial charge in [0.05, 0.1) is 16.6 Å². The van der Waals surface area contributed by atoms with E-state index in [0.29, 0.717) is 21.6 Å². The molecule has 100 valence electrons. The molecule has 0 aliphatic rings. The molecule has 0 radical (unpaired) electrons. The number of nitrogens with two attached hydrogens (primary N) is 1. The van der Waals surface area contributed by atoms with E-state index >= 15 is 0 Å². The standard InChI is InChI=1S/C14H11ClN4O/c15-9-4-3-5-10(8-9)19-13(20)11-6-1-2-7-12(11)17-14(19)18-16/h1-8H,16H2,(H,17,18). The summed E-state index contributed by atoms with van der Waals surface area (Å²) in [6.45, 7) is 0. The number of aromatic nitrogens is 2. The van der Waals surface area contributed by atoms with Crippen LogP contribution in [0.4, 0.5) is 5.95 Å². The van der Waals surface area contributed by atoms with Gasteiger partial charge in [0.1, 0.15) is 0 Å². The zero-order chi connectivity index (χ0) is 14.1. The molecule has 0 atom stereocenters. The lowest BCUT2D eigenvalue weighted by Crippen LogP contribution is -2.25. The average Bonchev–Trinajstić information content (AvgIpc) is 2.47. The fraction of sp³-hybridized carbons (Fsp3) is 0. The van der Waals surface area contributed by atoms with Gasteiger partial charge in [-0.3, -0.25) is 10.2 Å². The maximum absolute atomic E-state index is 12.6. The van der Waals surface area contributed by atoms with Gasteiger partial charge in [0.2, 0.25) is 5.95 Å². The van der Waals surface area contributed by atoms with E-state index < -0.39 is 0 Å². The van der Waals surface area contributed by atoms with Crippen LogP contribution in [0, 0.1) is 0 Å². The number of hydrazine groups is 1. The molecule has 1 heterocycles. The van der Waals surface area contributed by atoms with Gasteiger partial charge in [0.25, 0.3) is 5.56 Å². The summed E-state index contributed by atoms with van der Waals surface area (Å²) >= 11 is 5.97. The fourth-order valence-corrected chi connectivity index (χ4v) is 2.27. The Kier molecular flexibility index (Phi) is 3.14. The van der Waals surface area contributed by atoms with Crippen LogP contribution in [0.2, 0.25) is 5.02 Å². The zero-order valence-electron chi connectivity index (χ0n) is 10.4. The van der Waals surface area contributed by atoms with E-state index in [9.17, 15) is 4.79 Å². The molecule has 0 bridgehead atoms. The second-order valence-electron chi connectivity index (χ2n) is 4.22. The predicted molar refractivity (Wildman–Crippen MR) is 80.2 cm³/mol. The van der Waals surface area contributed by atoms with Gasteiger partial charge in [0.15, 0.2) is 0 Å². The van der Waals surface area contributed by atoms with E-state index in [1.165, 1.54) is 4.57 Å². The monoisotopic (exact) mass is 286 g/mol. The Morgan fingerprint density at radius 1 is 1.15 bits per heavy atom. The van der Waals surface area contributed by atoms with Crippen molar-refractivity contribution in [2.75, 3.05) is 5.43 Å². The quantitative estimate of drug-likeness (QED) is 0.560. The summed E-state index contributed by atoms with van der Waals surface area (Å²) < 4.78 is 1.40. The smallest absolute Gasteiger partial charge is 0.267 e. The van der Waals surface area contributed by atoms with Crippen molar-refractivity contribution in [3.8, 4) is 5.69 Å². The number of nitrogens with zero attached hydrogens (tertiary/aromatic N) is 2. The van der Waals surface area contributed by atoms with Gasteiger partial charge in [-0.15, -0.1) is 0 Å². The molecule has 0 aliphatic carbocycles. The van der Waals surface area contributed by atoms with Gasteiger partial charge in [-0.1, -0.05) is 29.8 Å². The molecule has 0 unspecified atom stereocenters. The van der Waals surface area contributed by atoms with Crippen LogP contribution in [0.5, 0.6) is 0 Å². The summed E-state index contributed by atoms with van der Waals surface area (Å²) in [5.74, 6) is 5.74. The third-order valence-corrected chi connectivity index (χ3v) is 3.21. The Balaban J connectivity index is 2.40. The molecule has 3 rings (SSSR count). The van der Waals surface area contributed by atoms with Crippen molar-refractivity contribution in [1.82, 2.24) is 9.55 Å². The van der Waals surface area contributed by atoms with Gasteiger partial charge >= 0.3 is 0 Å². The van der Waals surface area contributed by atoms with Crippen LogP contribution in [-0.2, 0) is 0 Å². The van der Waals surface area contributed by atoms with Crippen LogP contribution in [0.3, 0.4) is 0 Å². The topological polar surface area (TPSA) is 72.9 Å². The predicted octanol–water partition coefficient (Wildman–Crippen LogP) is 2.32. The summed E-state index contributed by atoms with van der Waals surface area (Å²) in [4.78, 5) is 16.9. The number of fused-ring (bicyclic) bond motifs is 1. The maximum atomic E-state index is 12.6. The van der Waals surface area contributed by atoms with Gasteiger partial charge in [0, 0.05) is 5.02 Å². The molecule has 6 heteroatoms. The number of anilines is 1. The van der Waals surface area contributed by atoms with Crippen molar-refractivity contribution in [1.29, 1.82) is 0 Å². The number of hydrogen-bond acceptors (Lipinski definition) is 4. The Morgan fingerprint density at radius 2 is 1.95 bits per heavy atom. The lowest BCUT2D eigenvalue weighted by Gasteiger charge is -2.12. The molecule has 0 saturated heterocycles.